The Labute approximate surface area is 275 Å². The molecule has 0 aromatic heterocycles. The first-order valence-corrected chi connectivity index (χ1v) is 15.3. The SMILES string of the molecule is CCC(N)CC(=O)C(C)(C)C(OC(=O)C(=O)OC(c1cccc(C(F)(F)F)c1)C(C)(C)C(=O)CC(N)CC)c1cccc(C(F)(F)F)c1. The fourth-order valence-corrected chi connectivity index (χ4v) is 4.91. The third-order valence-corrected chi connectivity index (χ3v) is 8.34. The van der Waals surface area contributed by atoms with E-state index in [0.717, 1.165) is 24.3 Å². The molecule has 0 radical (unpaired) electrons. The van der Waals surface area contributed by atoms with Gasteiger partial charge in [0.2, 0.25) is 0 Å². The van der Waals surface area contributed by atoms with Crippen LogP contribution in [0.25, 0.3) is 0 Å². The van der Waals surface area contributed by atoms with Crippen LogP contribution in [0, 0.1) is 10.8 Å². The lowest BCUT2D eigenvalue weighted by molar-refractivity contribution is -0.183. The van der Waals surface area contributed by atoms with E-state index in [2.05, 4.69) is 0 Å². The van der Waals surface area contributed by atoms with Gasteiger partial charge in [0.05, 0.1) is 22.0 Å². The molecule has 0 bridgehead atoms. The maximum atomic E-state index is 13.6. The highest BCUT2D eigenvalue weighted by Crippen LogP contribution is 2.43. The molecule has 4 N–H and O–H groups in total. The van der Waals surface area contributed by atoms with E-state index in [0.29, 0.717) is 25.0 Å². The maximum Gasteiger partial charge on any atom is 0.418 e. The number of ketones is 2. The molecule has 0 aliphatic rings. The molecule has 0 spiro atoms. The first-order valence-electron chi connectivity index (χ1n) is 15.3. The summed E-state index contributed by atoms with van der Waals surface area (Å²) in [5.41, 5.74) is 5.64. The topological polar surface area (TPSA) is 139 Å². The van der Waals surface area contributed by atoms with E-state index >= 15 is 0 Å². The molecule has 2 aromatic rings. The lowest BCUT2D eigenvalue weighted by Crippen LogP contribution is -2.41. The second-order valence-electron chi connectivity index (χ2n) is 12.9. The summed E-state index contributed by atoms with van der Waals surface area (Å²) in [6, 6.07) is 6.06. The summed E-state index contributed by atoms with van der Waals surface area (Å²) in [6.07, 6.45) is -12.8. The highest BCUT2D eigenvalue weighted by atomic mass is 19.4. The van der Waals surface area contributed by atoms with E-state index in [1.807, 2.05) is 0 Å². The number of ether oxygens (including phenoxy) is 2. The zero-order valence-corrected chi connectivity index (χ0v) is 27.6. The van der Waals surface area contributed by atoms with E-state index in [1.165, 1.54) is 39.8 Å². The van der Waals surface area contributed by atoms with Gasteiger partial charge in [0.1, 0.15) is 23.8 Å². The molecule has 4 atom stereocenters. The molecule has 0 amide bonds. The minimum absolute atomic E-state index is 0.227. The average Bonchev–Trinajstić information content (AvgIpc) is 3.00. The number of nitrogens with two attached hydrogens (primary N) is 2. The predicted octanol–water partition coefficient (Wildman–Crippen LogP) is 7.04. The lowest BCUT2D eigenvalue weighted by Gasteiger charge is -2.35. The van der Waals surface area contributed by atoms with E-state index in [1.54, 1.807) is 13.8 Å². The van der Waals surface area contributed by atoms with Crippen LogP contribution in [0.3, 0.4) is 0 Å². The number of Topliss-reactive ketones (excluding diaryl/α,β-unsaturated/α-hetero) is 2. The zero-order chi connectivity index (χ0) is 36.8. The first kappa shape index (κ1) is 40.4. The first-order chi connectivity index (χ1) is 22.0. The molecular formula is C34H42F6N2O6. The number of hydrogen-bond acceptors (Lipinski definition) is 8. The van der Waals surface area contributed by atoms with Gasteiger partial charge in [-0.3, -0.25) is 9.59 Å². The van der Waals surface area contributed by atoms with Gasteiger partial charge in [0.25, 0.3) is 0 Å². The monoisotopic (exact) mass is 688 g/mol. The Bertz CT molecular complexity index is 1360. The van der Waals surface area contributed by atoms with Crippen LogP contribution in [0.2, 0.25) is 0 Å². The third kappa shape index (κ3) is 10.1. The smallest absolute Gasteiger partial charge is 0.418 e. The van der Waals surface area contributed by atoms with Gasteiger partial charge < -0.3 is 20.9 Å². The molecule has 14 heteroatoms. The summed E-state index contributed by atoms with van der Waals surface area (Å²) in [7, 11) is 0. The van der Waals surface area contributed by atoms with Crippen LogP contribution in [-0.2, 0) is 41.0 Å². The van der Waals surface area contributed by atoms with Crippen molar-refractivity contribution in [3.8, 4) is 0 Å². The second kappa shape index (κ2) is 15.6. The molecule has 0 aliphatic heterocycles. The van der Waals surface area contributed by atoms with Crippen molar-refractivity contribution in [3.63, 3.8) is 0 Å². The molecule has 0 fully saturated rings. The standard InChI is InChI=1S/C34H42F6N2O6/c1-7-23(41)17-25(43)31(3,4)27(19-11-9-13-21(15-19)33(35,36)37)47-29(45)30(46)48-28(32(5,6)26(44)18-24(42)8-2)20-12-10-14-22(16-20)34(38,39)40/h9-16,23-24,27-28H,7-8,17-18,41-42H2,1-6H3. The minimum atomic E-state index is -4.81. The predicted molar refractivity (Wildman–Crippen MR) is 164 cm³/mol. The van der Waals surface area contributed by atoms with Crippen LogP contribution < -0.4 is 11.5 Å². The van der Waals surface area contributed by atoms with Crippen molar-refractivity contribution < 1.29 is 55.0 Å². The number of hydrogen-bond donors (Lipinski definition) is 2. The molecule has 0 aliphatic carbocycles. The summed E-state index contributed by atoms with van der Waals surface area (Å²) < 4.78 is 92.5. The highest BCUT2D eigenvalue weighted by Gasteiger charge is 2.46. The molecule has 0 saturated carbocycles. The number of carbonyl (C=O) groups excluding carboxylic acids is 4. The molecular weight excluding hydrogens is 646 g/mol. The maximum absolute atomic E-state index is 13.6. The fourth-order valence-electron chi connectivity index (χ4n) is 4.91. The van der Waals surface area contributed by atoms with Crippen LogP contribution in [0.15, 0.2) is 48.5 Å². The van der Waals surface area contributed by atoms with Gasteiger partial charge >= 0.3 is 24.3 Å². The number of carbonyl (C=O) groups is 4. The lowest BCUT2D eigenvalue weighted by atomic mass is 9.76. The molecule has 266 valence electrons. The van der Waals surface area contributed by atoms with Gasteiger partial charge in [0, 0.05) is 24.9 Å². The summed E-state index contributed by atoms with van der Waals surface area (Å²) >= 11 is 0. The van der Waals surface area contributed by atoms with Crippen LogP contribution in [0.4, 0.5) is 26.3 Å². The summed E-state index contributed by atoms with van der Waals surface area (Å²) in [6.45, 7) is 8.68. The Balaban J connectivity index is 2.60. The van der Waals surface area contributed by atoms with Gasteiger partial charge in [-0.25, -0.2) is 9.59 Å². The van der Waals surface area contributed by atoms with Gasteiger partial charge in [-0.2, -0.15) is 26.3 Å². The normalized spacial score (nSPS) is 15.2. The zero-order valence-electron chi connectivity index (χ0n) is 27.6. The molecule has 48 heavy (non-hydrogen) atoms. The Kier molecular flexibility index (Phi) is 13.1. The van der Waals surface area contributed by atoms with Gasteiger partial charge in [-0.1, -0.05) is 38.1 Å². The van der Waals surface area contributed by atoms with Gasteiger partial charge in [0.15, 0.2) is 0 Å². The van der Waals surface area contributed by atoms with Gasteiger partial charge in [-0.05, 0) is 75.9 Å². The number of rotatable bonds is 14. The average molecular weight is 689 g/mol. The van der Waals surface area contributed by atoms with Crippen LogP contribution in [0.5, 0.6) is 0 Å². The molecule has 2 rings (SSSR count). The molecule has 0 heterocycles. The van der Waals surface area contributed by atoms with Crippen molar-refractivity contribution in [1.82, 2.24) is 0 Å². The Hall–Kier alpha value is -3.78. The third-order valence-electron chi connectivity index (χ3n) is 8.34. The minimum Gasteiger partial charge on any atom is -0.448 e. The van der Waals surface area contributed by atoms with Crippen molar-refractivity contribution in [1.29, 1.82) is 0 Å². The summed E-state index contributed by atoms with van der Waals surface area (Å²) in [4.78, 5) is 53.3. The molecule has 2 aromatic carbocycles. The van der Waals surface area contributed by atoms with Crippen LogP contribution >= 0.6 is 0 Å². The number of benzene rings is 2. The van der Waals surface area contributed by atoms with Crippen molar-refractivity contribution in [2.45, 2.75) is 104 Å². The highest BCUT2D eigenvalue weighted by molar-refractivity contribution is 6.29. The Morgan fingerprint density at radius 3 is 1.21 bits per heavy atom. The number of alkyl halides is 6. The van der Waals surface area contributed by atoms with Gasteiger partial charge in [-0.15, -0.1) is 0 Å². The van der Waals surface area contributed by atoms with Crippen molar-refractivity contribution in [3.05, 3.63) is 70.8 Å². The fraction of sp³-hybridized carbons (Fsp3) is 0.529. The van der Waals surface area contributed by atoms with Crippen molar-refractivity contribution in [2.24, 2.45) is 22.3 Å². The molecule has 8 nitrogen and oxygen atoms in total. The quantitative estimate of drug-likeness (QED) is 0.123. The van der Waals surface area contributed by atoms with Crippen LogP contribution in [-0.4, -0.2) is 35.6 Å². The summed E-state index contributed by atoms with van der Waals surface area (Å²) in [5.74, 6) is -4.69. The molecule has 0 saturated heterocycles. The van der Waals surface area contributed by atoms with Crippen molar-refractivity contribution >= 4 is 23.5 Å². The molecule has 4 unspecified atom stereocenters. The van der Waals surface area contributed by atoms with Crippen LogP contribution in [0.1, 0.15) is 102 Å². The largest absolute Gasteiger partial charge is 0.448 e. The number of esters is 2. The Morgan fingerprint density at radius 2 is 0.938 bits per heavy atom. The van der Waals surface area contributed by atoms with E-state index in [-0.39, 0.29) is 24.0 Å². The Morgan fingerprint density at radius 1 is 0.625 bits per heavy atom. The van der Waals surface area contributed by atoms with E-state index in [9.17, 15) is 45.5 Å². The summed E-state index contributed by atoms with van der Waals surface area (Å²) in [5, 5.41) is 0. The second-order valence-corrected chi connectivity index (χ2v) is 12.9. The van der Waals surface area contributed by atoms with E-state index < -0.39 is 82.1 Å². The van der Waals surface area contributed by atoms with Crippen molar-refractivity contribution in [2.75, 3.05) is 0 Å². The number of halogens is 6. The van der Waals surface area contributed by atoms with E-state index in [4.69, 9.17) is 20.9 Å².